The Labute approximate surface area is 227 Å². The number of carbonyl (C=O) groups excluding carboxylic acids is 1. The standard InChI is InChI=1S/C30H34ClN3O4/c31-24-12-10-23(11-13-24)30(14-4-5-15-30)18-25-32-26(29(37)34(16-17-35)19-21-8-9-21)27(28(36)33-25)38-20-22-6-2-1-3-7-22/h1-3,6-7,10-13,21,35H,4-5,8-9,14-20H2,(H,32,33,36). The Morgan fingerprint density at radius 1 is 1.11 bits per heavy atom. The number of carbonyl (C=O) groups is 1. The summed E-state index contributed by atoms with van der Waals surface area (Å²) in [5.41, 5.74) is 1.40. The van der Waals surface area contributed by atoms with Crippen LogP contribution in [0.2, 0.25) is 5.02 Å². The van der Waals surface area contributed by atoms with E-state index in [9.17, 15) is 14.7 Å². The number of aromatic nitrogens is 2. The molecule has 0 bridgehead atoms. The lowest BCUT2D eigenvalue weighted by Gasteiger charge is -2.30. The van der Waals surface area contributed by atoms with Gasteiger partial charge in [0.2, 0.25) is 5.75 Å². The number of nitrogens with zero attached hydrogens (tertiary/aromatic N) is 2. The third-order valence-electron chi connectivity index (χ3n) is 7.71. The van der Waals surface area contributed by atoms with E-state index in [1.54, 1.807) is 4.90 Å². The number of benzene rings is 2. The smallest absolute Gasteiger partial charge is 0.294 e. The summed E-state index contributed by atoms with van der Waals surface area (Å²) >= 11 is 6.15. The molecule has 0 saturated heterocycles. The molecule has 2 saturated carbocycles. The van der Waals surface area contributed by atoms with Gasteiger partial charge in [-0.3, -0.25) is 9.59 Å². The molecule has 2 aromatic carbocycles. The third-order valence-corrected chi connectivity index (χ3v) is 7.96. The van der Waals surface area contributed by atoms with Gasteiger partial charge in [-0.1, -0.05) is 66.9 Å². The molecule has 2 aliphatic rings. The van der Waals surface area contributed by atoms with Gasteiger partial charge in [0.1, 0.15) is 12.4 Å². The van der Waals surface area contributed by atoms with Gasteiger partial charge in [0.15, 0.2) is 5.69 Å². The average molecular weight is 536 g/mol. The van der Waals surface area contributed by atoms with E-state index in [2.05, 4.69) is 4.98 Å². The van der Waals surface area contributed by atoms with E-state index in [-0.39, 0.29) is 42.5 Å². The van der Waals surface area contributed by atoms with Crippen LogP contribution in [0.5, 0.6) is 5.75 Å². The number of aliphatic hydroxyl groups excluding tert-OH is 1. The van der Waals surface area contributed by atoms with Crippen molar-refractivity contribution in [1.29, 1.82) is 0 Å². The van der Waals surface area contributed by atoms with Gasteiger partial charge in [-0.2, -0.15) is 0 Å². The summed E-state index contributed by atoms with van der Waals surface area (Å²) in [6.07, 6.45) is 6.73. The molecule has 5 rings (SSSR count). The highest BCUT2D eigenvalue weighted by molar-refractivity contribution is 6.30. The van der Waals surface area contributed by atoms with E-state index in [0.717, 1.165) is 49.7 Å². The number of amides is 1. The van der Waals surface area contributed by atoms with Gasteiger partial charge < -0.3 is 19.7 Å². The molecule has 1 amide bonds. The minimum Gasteiger partial charge on any atom is -0.481 e. The van der Waals surface area contributed by atoms with E-state index in [4.69, 9.17) is 21.3 Å². The summed E-state index contributed by atoms with van der Waals surface area (Å²) < 4.78 is 5.94. The largest absolute Gasteiger partial charge is 0.481 e. The molecule has 2 N–H and O–H groups in total. The van der Waals surface area contributed by atoms with Gasteiger partial charge in [-0.05, 0) is 54.9 Å². The fraction of sp³-hybridized carbons (Fsp3) is 0.433. The fourth-order valence-electron chi connectivity index (χ4n) is 5.50. The van der Waals surface area contributed by atoms with Crippen LogP contribution in [0.4, 0.5) is 0 Å². The lowest BCUT2D eigenvalue weighted by atomic mass is 9.76. The van der Waals surface area contributed by atoms with Crippen molar-refractivity contribution in [3.05, 3.63) is 92.6 Å². The first-order chi connectivity index (χ1) is 18.5. The number of aromatic amines is 1. The van der Waals surface area contributed by atoms with E-state index in [0.29, 0.717) is 29.7 Å². The molecule has 200 valence electrons. The maximum Gasteiger partial charge on any atom is 0.294 e. The van der Waals surface area contributed by atoms with Crippen molar-refractivity contribution in [2.75, 3.05) is 19.7 Å². The molecule has 0 unspecified atom stereocenters. The predicted molar refractivity (Wildman–Crippen MR) is 147 cm³/mol. The molecule has 8 heteroatoms. The maximum absolute atomic E-state index is 13.8. The summed E-state index contributed by atoms with van der Waals surface area (Å²) in [5, 5.41) is 10.3. The molecule has 0 aliphatic heterocycles. The van der Waals surface area contributed by atoms with Gasteiger partial charge in [-0.15, -0.1) is 0 Å². The molecule has 1 aromatic heterocycles. The van der Waals surface area contributed by atoms with Crippen LogP contribution in [-0.4, -0.2) is 45.6 Å². The van der Waals surface area contributed by atoms with Crippen molar-refractivity contribution in [3.8, 4) is 5.75 Å². The van der Waals surface area contributed by atoms with E-state index < -0.39 is 5.56 Å². The highest BCUT2D eigenvalue weighted by atomic mass is 35.5. The Bertz CT molecular complexity index is 1300. The molecule has 0 spiro atoms. The number of H-pyrrole nitrogens is 1. The minimum atomic E-state index is -0.464. The van der Waals surface area contributed by atoms with Crippen LogP contribution >= 0.6 is 11.6 Å². The molecule has 1 heterocycles. The Morgan fingerprint density at radius 3 is 2.47 bits per heavy atom. The number of aliphatic hydroxyl groups is 1. The molecule has 2 aliphatic carbocycles. The zero-order valence-electron chi connectivity index (χ0n) is 21.5. The first-order valence-corrected chi connectivity index (χ1v) is 13.8. The summed E-state index contributed by atoms with van der Waals surface area (Å²) in [5.74, 6) is 0.437. The second kappa shape index (κ2) is 11.7. The highest BCUT2D eigenvalue weighted by Crippen LogP contribution is 2.43. The van der Waals surface area contributed by atoms with Crippen molar-refractivity contribution in [2.45, 2.75) is 57.0 Å². The highest BCUT2D eigenvalue weighted by Gasteiger charge is 2.37. The van der Waals surface area contributed by atoms with E-state index in [1.807, 2.05) is 54.6 Å². The molecule has 38 heavy (non-hydrogen) atoms. The van der Waals surface area contributed by atoms with Crippen molar-refractivity contribution in [3.63, 3.8) is 0 Å². The molecular weight excluding hydrogens is 502 g/mol. The SMILES string of the molecule is O=C(c1nc(CC2(c3ccc(Cl)cc3)CCCC2)[nH]c(=O)c1OCc1ccccc1)N(CCO)CC1CC1. The second-order valence-corrected chi connectivity index (χ2v) is 11.0. The van der Waals surface area contributed by atoms with Crippen molar-refractivity contribution < 1.29 is 14.6 Å². The van der Waals surface area contributed by atoms with E-state index in [1.165, 1.54) is 0 Å². The van der Waals surface area contributed by atoms with Gasteiger partial charge in [0, 0.05) is 29.9 Å². The number of hydrogen-bond acceptors (Lipinski definition) is 5. The van der Waals surface area contributed by atoms with Crippen LogP contribution in [0.25, 0.3) is 0 Å². The van der Waals surface area contributed by atoms with E-state index >= 15 is 0 Å². The van der Waals surface area contributed by atoms with Gasteiger partial charge in [0.25, 0.3) is 11.5 Å². The van der Waals surface area contributed by atoms with Crippen LogP contribution in [0.15, 0.2) is 59.4 Å². The molecule has 7 nitrogen and oxygen atoms in total. The Balaban J connectivity index is 1.50. The van der Waals surface area contributed by atoms with Crippen LogP contribution < -0.4 is 10.3 Å². The number of rotatable bonds is 11. The van der Waals surface area contributed by atoms with Gasteiger partial charge >= 0.3 is 0 Å². The lowest BCUT2D eigenvalue weighted by Crippen LogP contribution is -2.37. The Morgan fingerprint density at radius 2 is 1.82 bits per heavy atom. The third kappa shape index (κ3) is 6.11. The summed E-state index contributed by atoms with van der Waals surface area (Å²) in [4.78, 5) is 36.4. The van der Waals surface area contributed by atoms with Crippen molar-refractivity contribution in [1.82, 2.24) is 14.9 Å². The van der Waals surface area contributed by atoms with Crippen LogP contribution in [-0.2, 0) is 18.4 Å². The first kappa shape index (κ1) is 26.4. The summed E-state index contributed by atoms with van der Waals surface area (Å²) in [6.45, 7) is 0.707. The van der Waals surface area contributed by atoms with Crippen molar-refractivity contribution >= 4 is 17.5 Å². The predicted octanol–water partition coefficient (Wildman–Crippen LogP) is 4.90. The molecule has 0 radical (unpaired) electrons. The fourth-order valence-corrected chi connectivity index (χ4v) is 5.63. The number of halogens is 1. The topological polar surface area (TPSA) is 95.5 Å². The zero-order valence-corrected chi connectivity index (χ0v) is 22.3. The maximum atomic E-state index is 13.8. The molecular formula is C30H34ClN3O4. The van der Waals surface area contributed by atoms with Crippen molar-refractivity contribution in [2.24, 2.45) is 5.92 Å². The number of ether oxygens (including phenoxy) is 1. The number of hydrogen-bond donors (Lipinski definition) is 2. The van der Waals surface area contributed by atoms with Gasteiger partial charge in [0.05, 0.1) is 6.61 Å². The lowest BCUT2D eigenvalue weighted by molar-refractivity contribution is 0.0700. The summed E-state index contributed by atoms with van der Waals surface area (Å²) in [7, 11) is 0. The summed E-state index contributed by atoms with van der Waals surface area (Å²) in [6, 6.07) is 17.4. The zero-order chi connectivity index (χ0) is 26.5. The Hall–Kier alpha value is -3.16. The average Bonchev–Trinajstić information content (AvgIpc) is 3.62. The van der Waals surface area contributed by atoms with Crippen LogP contribution in [0.3, 0.4) is 0 Å². The van der Waals surface area contributed by atoms with Crippen LogP contribution in [0.1, 0.15) is 66.0 Å². The molecule has 3 aromatic rings. The monoisotopic (exact) mass is 535 g/mol. The molecule has 0 atom stereocenters. The second-order valence-electron chi connectivity index (χ2n) is 10.6. The quantitative estimate of drug-likeness (QED) is 0.364. The minimum absolute atomic E-state index is 0.0121. The molecule has 2 fully saturated rings. The van der Waals surface area contributed by atoms with Crippen LogP contribution in [0, 0.1) is 5.92 Å². The number of nitrogens with one attached hydrogen (secondary N) is 1. The Kier molecular flexibility index (Phi) is 8.15. The first-order valence-electron chi connectivity index (χ1n) is 13.4. The van der Waals surface area contributed by atoms with Gasteiger partial charge in [-0.25, -0.2) is 4.98 Å². The normalized spacial score (nSPS) is 16.4.